The van der Waals surface area contributed by atoms with E-state index in [1.807, 2.05) is 6.20 Å². The first kappa shape index (κ1) is 19.2. The summed E-state index contributed by atoms with van der Waals surface area (Å²) in [5, 5.41) is 0. The van der Waals surface area contributed by atoms with Crippen molar-refractivity contribution < 1.29 is 13.5 Å². The molecule has 4 nitrogen and oxygen atoms in total. The molecule has 0 N–H and O–H groups in total. The summed E-state index contributed by atoms with van der Waals surface area (Å²) < 4.78 is 36.0. The van der Waals surface area contributed by atoms with E-state index >= 15 is 0 Å². The first-order valence-electron chi connectivity index (χ1n) is 10.8. The first-order chi connectivity index (χ1) is 14.1. The Bertz CT molecular complexity index is 866. The standard InChI is InChI=1S/C23H29F2N3O/c1-15-26-6-7-28(15)22-8-18-12-27(11-17-4-5-20(24)10-21(17)25)13-19(18)9-23(22)29-14-16-2-3-16/h4-7,10,16,18-19,22-23H,2-3,8-9,11-14H2,1H3/t18-,19+,22-,23-/m0/s1. The Hall–Kier alpha value is -1.79. The Morgan fingerprint density at radius 1 is 1.14 bits per heavy atom. The van der Waals surface area contributed by atoms with Crippen LogP contribution in [0.5, 0.6) is 0 Å². The van der Waals surface area contributed by atoms with Gasteiger partial charge in [-0.1, -0.05) is 6.07 Å². The minimum atomic E-state index is -0.518. The predicted molar refractivity (Wildman–Crippen MR) is 106 cm³/mol. The molecule has 2 aliphatic carbocycles. The van der Waals surface area contributed by atoms with Crippen LogP contribution in [0.4, 0.5) is 8.78 Å². The summed E-state index contributed by atoms with van der Waals surface area (Å²) in [7, 11) is 0. The number of fused-ring (bicyclic) bond motifs is 1. The van der Waals surface area contributed by atoms with E-state index in [1.54, 1.807) is 6.07 Å². The molecule has 1 saturated heterocycles. The number of likely N-dealkylation sites (tertiary alicyclic amines) is 1. The highest BCUT2D eigenvalue weighted by Crippen LogP contribution is 2.44. The molecule has 29 heavy (non-hydrogen) atoms. The summed E-state index contributed by atoms with van der Waals surface area (Å²) in [6, 6.07) is 4.23. The van der Waals surface area contributed by atoms with Crippen LogP contribution in [-0.2, 0) is 11.3 Å². The topological polar surface area (TPSA) is 30.3 Å². The van der Waals surface area contributed by atoms with E-state index in [9.17, 15) is 8.78 Å². The monoisotopic (exact) mass is 401 g/mol. The Balaban J connectivity index is 1.29. The van der Waals surface area contributed by atoms with Gasteiger partial charge in [-0.25, -0.2) is 13.8 Å². The fraction of sp³-hybridized carbons (Fsp3) is 0.609. The Kier molecular flexibility index (Phi) is 5.16. The predicted octanol–water partition coefficient (Wildman–Crippen LogP) is 4.35. The van der Waals surface area contributed by atoms with Crippen molar-refractivity contribution in [3.63, 3.8) is 0 Å². The number of imidazole rings is 1. The number of benzene rings is 1. The molecule has 3 aliphatic rings. The van der Waals surface area contributed by atoms with Crippen molar-refractivity contribution in [3.05, 3.63) is 53.6 Å². The van der Waals surface area contributed by atoms with E-state index in [2.05, 4.69) is 27.6 Å². The molecule has 0 spiro atoms. The van der Waals surface area contributed by atoms with Crippen LogP contribution in [0.15, 0.2) is 30.6 Å². The molecule has 0 unspecified atom stereocenters. The third kappa shape index (κ3) is 4.10. The van der Waals surface area contributed by atoms with Crippen LogP contribution < -0.4 is 0 Å². The van der Waals surface area contributed by atoms with Gasteiger partial charge in [-0.15, -0.1) is 0 Å². The Morgan fingerprint density at radius 3 is 2.62 bits per heavy atom. The molecular formula is C23H29F2N3O. The molecule has 2 saturated carbocycles. The molecule has 0 amide bonds. The molecule has 6 heteroatoms. The summed E-state index contributed by atoms with van der Waals surface area (Å²) in [6.07, 6.45) is 8.87. The number of hydrogen-bond donors (Lipinski definition) is 0. The molecule has 2 heterocycles. The lowest BCUT2D eigenvalue weighted by Crippen LogP contribution is -2.38. The van der Waals surface area contributed by atoms with Gasteiger partial charge in [0, 0.05) is 50.3 Å². The minimum absolute atomic E-state index is 0.215. The van der Waals surface area contributed by atoms with Gasteiger partial charge in [0.25, 0.3) is 0 Å². The number of nitrogens with zero attached hydrogens (tertiary/aromatic N) is 3. The largest absolute Gasteiger partial charge is 0.376 e. The van der Waals surface area contributed by atoms with Crippen LogP contribution in [0.3, 0.4) is 0 Å². The normalized spacial score (nSPS) is 29.9. The van der Waals surface area contributed by atoms with E-state index in [-0.39, 0.29) is 6.10 Å². The molecule has 1 aliphatic heterocycles. The highest BCUT2D eigenvalue weighted by molar-refractivity contribution is 5.18. The van der Waals surface area contributed by atoms with Crippen LogP contribution >= 0.6 is 0 Å². The van der Waals surface area contributed by atoms with E-state index in [0.29, 0.717) is 30.0 Å². The smallest absolute Gasteiger partial charge is 0.130 e. The second-order valence-electron chi connectivity index (χ2n) is 9.19. The number of aromatic nitrogens is 2. The number of rotatable bonds is 6. The zero-order valence-corrected chi connectivity index (χ0v) is 16.9. The van der Waals surface area contributed by atoms with Gasteiger partial charge in [0.05, 0.1) is 12.1 Å². The summed E-state index contributed by atoms with van der Waals surface area (Å²) in [6.45, 7) is 5.39. The van der Waals surface area contributed by atoms with Crippen LogP contribution in [-0.4, -0.2) is 40.3 Å². The number of ether oxygens (including phenoxy) is 1. The molecule has 2 aromatic rings. The third-order valence-electron chi connectivity index (χ3n) is 7.03. The second-order valence-corrected chi connectivity index (χ2v) is 9.19. The summed E-state index contributed by atoms with van der Waals surface area (Å²) in [4.78, 5) is 6.76. The van der Waals surface area contributed by atoms with Crippen LogP contribution in [0.25, 0.3) is 0 Å². The van der Waals surface area contributed by atoms with Gasteiger partial charge in [0.2, 0.25) is 0 Å². The lowest BCUT2D eigenvalue weighted by atomic mass is 9.77. The molecule has 3 fully saturated rings. The van der Waals surface area contributed by atoms with Crippen molar-refractivity contribution in [1.82, 2.24) is 14.5 Å². The highest BCUT2D eigenvalue weighted by atomic mass is 19.1. The highest BCUT2D eigenvalue weighted by Gasteiger charge is 2.44. The van der Waals surface area contributed by atoms with E-state index < -0.39 is 11.6 Å². The van der Waals surface area contributed by atoms with Crippen molar-refractivity contribution in [2.75, 3.05) is 19.7 Å². The van der Waals surface area contributed by atoms with Gasteiger partial charge in [0.15, 0.2) is 0 Å². The number of aryl methyl sites for hydroxylation is 1. The van der Waals surface area contributed by atoms with E-state index in [0.717, 1.165) is 50.3 Å². The van der Waals surface area contributed by atoms with Gasteiger partial charge in [-0.2, -0.15) is 0 Å². The zero-order valence-electron chi connectivity index (χ0n) is 16.9. The zero-order chi connectivity index (χ0) is 20.0. The summed E-state index contributed by atoms with van der Waals surface area (Å²) >= 11 is 0. The maximum absolute atomic E-state index is 14.1. The SMILES string of the molecule is Cc1nccn1[C@H]1C[C@H]2CN(Cc3ccc(F)cc3F)C[C@H]2C[C@@H]1OCC1CC1. The average Bonchev–Trinajstić information content (AvgIpc) is 3.29. The summed E-state index contributed by atoms with van der Waals surface area (Å²) in [5.74, 6) is 1.97. The maximum atomic E-state index is 14.1. The fourth-order valence-electron chi connectivity index (χ4n) is 5.26. The van der Waals surface area contributed by atoms with Crippen molar-refractivity contribution in [2.24, 2.45) is 17.8 Å². The number of hydrogen-bond acceptors (Lipinski definition) is 3. The van der Waals surface area contributed by atoms with Gasteiger partial charge in [0.1, 0.15) is 17.5 Å². The molecule has 0 bridgehead atoms. The molecule has 1 aromatic heterocycles. The maximum Gasteiger partial charge on any atom is 0.130 e. The summed E-state index contributed by atoms with van der Waals surface area (Å²) in [5.41, 5.74) is 0.577. The van der Waals surface area contributed by atoms with Gasteiger partial charge in [-0.05, 0) is 56.4 Å². The molecular weight excluding hydrogens is 372 g/mol. The van der Waals surface area contributed by atoms with Gasteiger partial charge in [-0.3, -0.25) is 4.90 Å². The molecule has 156 valence electrons. The van der Waals surface area contributed by atoms with Crippen molar-refractivity contribution in [3.8, 4) is 0 Å². The van der Waals surface area contributed by atoms with Crippen LogP contribution in [0, 0.1) is 36.3 Å². The van der Waals surface area contributed by atoms with Crippen LogP contribution in [0.1, 0.15) is 43.1 Å². The first-order valence-corrected chi connectivity index (χ1v) is 10.8. The lowest BCUT2D eigenvalue weighted by Gasteiger charge is -2.39. The minimum Gasteiger partial charge on any atom is -0.376 e. The second kappa shape index (κ2) is 7.80. The molecule has 0 radical (unpaired) electrons. The van der Waals surface area contributed by atoms with Crippen LogP contribution in [0.2, 0.25) is 0 Å². The third-order valence-corrected chi connectivity index (χ3v) is 7.03. The van der Waals surface area contributed by atoms with E-state index in [4.69, 9.17) is 4.74 Å². The van der Waals surface area contributed by atoms with Gasteiger partial charge < -0.3 is 9.30 Å². The van der Waals surface area contributed by atoms with E-state index in [1.165, 1.54) is 18.9 Å². The Morgan fingerprint density at radius 2 is 1.93 bits per heavy atom. The quantitative estimate of drug-likeness (QED) is 0.721. The molecule has 4 atom stereocenters. The van der Waals surface area contributed by atoms with Crippen molar-refractivity contribution >= 4 is 0 Å². The lowest BCUT2D eigenvalue weighted by molar-refractivity contribution is -0.0343. The average molecular weight is 402 g/mol. The Labute approximate surface area is 170 Å². The van der Waals surface area contributed by atoms with Crippen molar-refractivity contribution in [2.45, 2.75) is 51.3 Å². The van der Waals surface area contributed by atoms with Gasteiger partial charge >= 0.3 is 0 Å². The number of halogens is 2. The fourth-order valence-corrected chi connectivity index (χ4v) is 5.26. The molecule has 5 rings (SSSR count). The van der Waals surface area contributed by atoms with Crippen molar-refractivity contribution in [1.29, 1.82) is 0 Å². The molecule has 1 aromatic carbocycles.